The highest BCUT2D eigenvalue weighted by Crippen LogP contribution is 2.32. The summed E-state index contributed by atoms with van der Waals surface area (Å²) >= 11 is 0. The molecule has 10 heteroatoms. The van der Waals surface area contributed by atoms with E-state index in [0.717, 1.165) is 37.4 Å². The second-order valence-electron chi connectivity index (χ2n) is 10.6. The number of carbonyl (C=O) groups excluding carboxylic acids is 1. The van der Waals surface area contributed by atoms with Gasteiger partial charge in [-0.1, -0.05) is 30.3 Å². The normalized spacial score (nSPS) is 14.4. The summed E-state index contributed by atoms with van der Waals surface area (Å²) in [4.78, 5) is 22.3. The lowest BCUT2D eigenvalue weighted by Gasteiger charge is -2.37. The van der Waals surface area contributed by atoms with Gasteiger partial charge in [-0.2, -0.15) is 4.31 Å². The van der Waals surface area contributed by atoms with Gasteiger partial charge in [0.1, 0.15) is 5.75 Å². The van der Waals surface area contributed by atoms with Gasteiger partial charge in [-0.15, -0.1) is 0 Å². The molecule has 1 fully saturated rings. The number of aryl methyl sites for hydroxylation is 1. The maximum atomic E-state index is 13.7. The SMILES string of the molecule is COc1ccc(S(=O)(=O)N(C)C(CC(=O)Nc2ccc(N3CCN(c4ccncc4)CC3)cc2)c2ccccc2)c(C)c1. The van der Waals surface area contributed by atoms with Crippen LogP contribution in [0.5, 0.6) is 5.75 Å². The number of hydrogen-bond acceptors (Lipinski definition) is 7. The summed E-state index contributed by atoms with van der Waals surface area (Å²) in [5.74, 6) is 0.303. The van der Waals surface area contributed by atoms with Crippen LogP contribution in [0.15, 0.2) is 102 Å². The lowest BCUT2D eigenvalue weighted by Crippen LogP contribution is -2.46. The number of sulfonamides is 1. The van der Waals surface area contributed by atoms with Crippen LogP contribution in [0.1, 0.15) is 23.6 Å². The summed E-state index contributed by atoms with van der Waals surface area (Å²) < 4.78 is 34.0. The fourth-order valence-electron chi connectivity index (χ4n) is 5.41. The molecule has 5 rings (SSSR count). The van der Waals surface area contributed by atoms with Gasteiger partial charge in [0.15, 0.2) is 0 Å². The van der Waals surface area contributed by atoms with E-state index in [0.29, 0.717) is 17.0 Å². The summed E-state index contributed by atoms with van der Waals surface area (Å²) in [5.41, 5.74) is 4.24. The molecule has 1 saturated heterocycles. The Balaban J connectivity index is 1.26. The third kappa shape index (κ3) is 6.98. The highest BCUT2D eigenvalue weighted by Gasteiger charge is 2.32. The second kappa shape index (κ2) is 13.3. The molecule has 0 aliphatic carbocycles. The van der Waals surface area contributed by atoms with Crippen LogP contribution in [0.4, 0.5) is 17.1 Å². The average molecular weight is 600 g/mol. The second-order valence-corrected chi connectivity index (χ2v) is 12.5. The first-order chi connectivity index (χ1) is 20.8. The van der Waals surface area contributed by atoms with Crippen LogP contribution in [0, 0.1) is 6.92 Å². The highest BCUT2D eigenvalue weighted by molar-refractivity contribution is 7.89. The molecule has 1 N–H and O–H groups in total. The fourth-order valence-corrected chi connectivity index (χ4v) is 6.96. The summed E-state index contributed by atoms with van der Waals surface area (Å²) in [6.45, 7) is 5.34. The van der Waals surface area contributed by atoms with Crippen molar-refractivity contribution in [1.82, 2.24) is 9.29 Å². The molecule has 1 aromatic heterocycles. The zero-order valence-electron chi connectivity index (χ0n) is 24.7. The van der Waals surface area contributed by atoms with Crippen LogP contribution in [-0.2, 0) is 14.8 Å². The van der Waals surface area contributed by atoms with Crippen LogP contribution in [0.2, 0.25) is 0 Å². The number of benzene rings is 3. The van der Waals surface area contributed by atoms with Gasteiger partial charge in [0.25, 0.3) is 0 Å². The van der Waals surface area contributed by atoms with Gasteiger partial charge in [0.05, 0.1) is 18.0 Å². The van der Waals surface area contributed by atoms with Crippen LogP contribution in [0.3, 0.4) is 0 Å². The number of anilines is 3. The number of pyridine rings is 1. The van der Waals surface area contributed by atoms with E-state index in [-0.39, 0.29) is 17.2 Å². The van der Waals surface area contributed by atoms with Crippen molar-refractivity contribution in [3.05, 3.63) is 108 Å². The number of hydrogen-bond donors (Lipinski definition) is 1. The molecule has 1 aliphatic heterocycles. The number of nitrogens with one attached hydrogen (secondary N) is 1. The van der Waals surface area contributed by atoms with E-state index >= 15 is 0 Å². The Hall–Kier alpha value is -4.41. The van der Waals surface area contributed by atoms with Crippen molar-refractivity contribution in [2.45, 2.75) is 24.3 Å². The summed E-state index contributed by atoms with van der Waals surface area (Å²) in [5, 5.41) is 2.96. The Kier molecular flexibility index (Phi) is 9.27. The quantitative estimate of drug-likeness (QED) is 0.271. The maximum absolute atomic E-state index is 13.7. The standard InChI is InChI=1S/C33H37N5O4S/c1-25-23-30(42-3)13-14-32(25)43(40,41)36(2)31(26-7-5-4-6-8-26)24-33(39)35-27-9-11-28(12-10-27)37-19-21-38(22-20-37)29-15-17-34-18-16-29/h4-18,23,31H,19-22,24H2,1-3H3,(H,35,39). The minimum Gasteiger partial charge on any atom is -0.497 e. The monoisotopic (exact) mass is 599 g/mol. The first kappa shape index (κ1) is 30.1. The van der Waals surface area contributed by atoms with Gasteiger partial charge in [0, 0.05) is 69.1 Å². The zero-order chi connectivity index (χ0) is 30.4. The van der Waals surface area contributed by atoms with Gasteiger partial charge >= 0.3 is 0 Å². The number of aromatic nitrogens is 1. The van der Waals surface area contributed by atoms with Crippen molar-refractivity contribution >= 4 is 33.0 Å². The van der Waals surface area contributed by atoms with E-state index in [2.05, 4.69) is 20.1 Å². The molecule has 0 saturated carbocycles. The molecule has 1 amide bonds. The van der Waals surface area contributed by atoms with Crippen LogP contribution >= 0.6 is 0 Å². The maximum Gasteiger partial charge on any atom is 0.243 e. The predicted molar refractivity (Wildman–Crippen MR) is 170 cm³/mol. The molecule has 2 heterocycles. The van der Waals surface area contributed by atoms with Gasteiger partial charge in [-0.3, -0.25) is 9.78 Å². The third-order valence-electron chi connectivity index (χ3n) is 7.86. The molecule has 0 radical (unpaired) electrons. The molecular formula is C33H37N5O4S. The molecule has 1 unspecified atom stereocenters. The van der Waals surface area contributed by atoms with Crippen molar-refractivity contribution in [2.75, 3.05) is 55.5 Å². The number of rotatable bonds is 10. The van der Waals surface area contributed by atoms with E-state index < -0.39 is 16.1 Å². The van der Waals surface area contributed by atoms with Gasteiger partial charge in [-0.25, -0.2) is 8.42 Å². The topological polar surface area (TPSA) is 95.1 Å². The molecule has 0 bridgehead atoms. The van der Waals surface area contributed by atoms with Crippen LogP contribution in [-0.4, -0.2) is 64.0 Å². The summed E-state index contributed by atoms with van der Waals surface area (Å²) in [7, 11) is -0.854. The van der Waals surface area contributed by atoms with Crippen molar-refractivity contribution in [1.29, 1.82) is 0 Å². The molecule has 0 spiro atoms. The van der Waals surface area contributed by atoms with Crippen LogP contribution in [0.25, 0.3) is 0 Å². The highest BCUT2D eigenvalue weighted by atomic mass is 32.2. The Morgan fingerprint density at radius 3 is 2.09 bits per heavy atom. The van der Waals surface area contributed by atoms with Gasteiger partial charge < -0.3 is 19.9 Å². The van der Waals surface area contributed by atoms with E-state index in [4.69, 9.17) is 4.74 Å². The predicted octanol–water partition coefficient (Wildman–Crippen LogP) is 5.12. The lowest BCUT2D eigenvalue weighted by molar-refractivity contribution is -0.117. The number of piperazine rings is 1. The van der Waals surface area contributed by atoms with Crippen molar-refractivity contribution in [3.8, 4) is 5.75 Å². The minimum atomic E-state index is -3.91. The summed E-state index contributed by atoms with van der Waals surface area (Å²) in [6, 6.07) is 25.2. The third-order valence-corrected chi connectivity index (χ3v) is 9.89. The Bertz CT molecular complexity index is 1630. The van der Waals surface area contributed by atoms with Crippen molar-refractivity contribution < 1.29 is 17.9 Å². The smallest absolute Gasteiger partial charge is 0.243 e. The lowest BCUT2D eigenvalue weighted by atomic mass is 10.0. The van der Waals surface area contributed by atoms with Crippen molar-refractivity contribution in [3.63, 3.8) is 0 Å². The Morgan fingerprint density at radius 1 is 0.907 bits per heavy atom. The fraction of sp³-hybridized carbons (Fsp3) is 0.273. The van der Waals surface area contributed by atoms with Crippen LogP contribution < -0.4 is 19.9 Å². The molecule has 3 aromatic carbocycles. The first-order valence-electron chi connectivity index (χ1n) is 14.2. The molecule has 43 heavy (non-hydrogen) atoms. The molecule has 1 atom stereocenters. The molecule has 9 nitrogen and oxygen atoms in total. The van der Waals surface area contributed by atoms with E-state index in [1.54, 1.807) is 25.1 Å². The Labute approximate surface area is 253 Å². The van der Waals surface area contributed by atoms with E-state index in [1.165, 1.54) is 24.2 Å². The Morgan fingerprint density at radius 2 is 1.51 bits per heavy atom. The van der Waals surface area contributed by atoms with E-state index in [1.807, 2.05) is 79.1 Å². The first-order valence-corrected chi connectivity index (χ1v) is 15.7. The average Bonchev–Trinajstić information content (AvgIpc) is 3.04. The molecule has 1 aliphatic rings. The number of methoxy groups -OCH3 is 1. The minimum absolute atomic E-state index is 0.0480. The molecular weight excluding hydrogens is 562 g/mol. The van der Waals surface area contributed by atoms with Gasteiger partial charge in [0.2, 0.25) is 15.9 Å². The molecule has 4 aromatic rings. The van der Waals surface area contributed by atoms with Crippen molar-refractivity contribution in [2.24, 2.45) is 0 Å². The number of ether oxygens (including phenoxy) is 1. The molecule has 224 valence electrons. The number of carbonyl (C=O) groups is 1. The largest absolute Gasteiger partial charge is 0.497 e. The van der Waals surface area contributed by atoms with E-state index in [9.17, 15) is 13.2 Å². The van der Waals surface area contributed by atoms with Gasteiger partial charge in [-0.05, 0) is 72.6 Å². The summed E-state index contributed by atoms with van der Waals surface area (Å²) in [6.07, 6.45) is 3.58. The number of amides is 1. The number of nitrogens with zero attached hydrogens (tertiary/aromatic N) is 4. The zero-order valence-corrected chi connectivity index (χ0v) is 25.5.